The van der Waals surface area contributed by atoms with E-state index in [9.17, 15) is 0 Å². The van der Waals surface area contributed by atoms with E-state index in [0.717, 1.165) is 25.7 Å². The van der Waals surface area contributed by atoms with Crippen molar-refractivity contribution < 1.29 is 0 Å². The molecular weight excluding hydrogens is 302 g/mol. The molecule has 23 heavy (non-hydrogen) atoms. The highest BCUT2D eigenvalue weighted by atomic mass is 32.1. The Hall–Kier alpha value is -1.23. The van der Waals surface area contributed by atoms with Crippen LogP contribution in [0, 0.1) is 0 Å². The second-order valence-corrected chi connectivity index (χ2v) is 7.86. The summed E-state index contributed by atoms with van der Waals surface area (Å²) in [6.45, 7) is 5.75. The summed E-state index contributed by atoms with van der Waals surface area (Å²) in [6, 6.07) is 9.42. The number of rotatable bonds is 7. The fraction of sp³-hybridized carbons (Fsp3) is 0.526. The Morgan fingerprint density at radius 2 is 2.04 bits per heavy atom. The Morgan fingerprint density at radius 3 is 2.78 bits per heavy atom. The molecule has 0 atom stereocenters. The molecule has 4 rings (SSSR count). The van der Waals surface area contributed by atoms with Crippen molar-refractivity contribution in [2.45, 2.75) is 51.4 Å². The average molecular weight is 327 g/mol. The van der Waals surface area contributed by atoms with Crippen molar-refractivity contribution in [1.29, 1.82) is 0 Å². The maximum atomic E-state index is 4.50. The maximum Gasteiger partial charge on any atom is 0.0544 e. The Balaban J connectivity index is 1.38. The molecule has 0 amide bonds. The minimum absolute atomic E-state index is 0.765. The van der Waals surface area contributed by atoms with E-state index < -0.39 is 0 Å². The zero-order chi connectivity index (χ0) is 15.5. The standard InChI is InChI=1S/C19H25N3S/c1-2-8-20-17(5-1)13-22(18-6-7-18)14-19-11-16(15-23-19)12-21-9-3-4-10-21/h1-2,5,8,11,15,18H,3-4,6-7,9-10,12-14H2. The lowest BCUT2D eigenvalue weighted by molar-refractivity contribution is 0.245. The van der Waals surface area contributed by atoms with E-state index in [1.807, 2.05) is 23.6 Å². The molecule has 0 N–H and O–H groups in total. The summed E-state index contributed by atoms with van der Waals surface area (Å²) in [5.74, 6) is 0. The molecule has 1 saturated carbocycles. The monoisotopic (exact) mass is 327 g/mol. The molecule has 0 radical (unpaired) electrons. The molecule has 1 aliphatic carbocycles. The molecule has 2 fully saturated rings. The van der Waals surface area contributed by atoms with Crippen LogP contribution in [0.15, 0.2) is 35.8 Å². The highest BCUT2D eigenvalue weighted by Crippen LogP contribution is 2.31. The van der Waals surface area contributed by atoms with Gasteiger partial charge in [0.2, 0.25) is 0 Å². The lowest BCUT2D eigenvalue weighted by Crippen LogP contribution is -2.25. The summed E-state index contributed by atoms with van der Waals surface area (Å²) >= 11 is 1.93. The van der Waals surface area contributed by atoms with Gasteiger partial charge in [-0.2, -0.15) is 0 Å². The van der Waals surface area contributed by atoms with Crippen molar-refractivity contribution >= 4 is 11.3 Å². The summed E-state index contributed by atoms with van der Waals surface area (Å²) in [4.78, 5) is 11.2. The summed E-state index contributed by atoms with van der Waals surface area (Å²) in [5.41, 5.74) is 2.69. The molecule has 1 saturated heterocycles. The van der Waals surface area contributed by atoms with E-state index in [1.165, 1.54) is 54.9 Å². The van der Waals surface area contributed by atoms with Gasteiger partial charge < -0.3 is 0 Å². The van der Waals surface area contributed by atoms with E-state index in [1.54, 1.807) is 0 Å². The number of aromatic nitrogens is 1. The summed E-state index contributed by atoms with van der Waals surface area (Å²) in [6.07, 6.45) is 7.34. The number of hydrogen-bond acceptors (Lipinski definition) is 4. The summed E-state index contributed by atoms with van der Waals surface area (Å²) < 4.78 is 0. The van der Waals surface area contributed by atoms with E-state index in [2.05, 4.69) is 38.4 Å². The third-order valence-electron chi connectivity index (χ3n) is 4.83. The number of likely N-dealkylation sites (tertiary alicyclic amines) is 1. The molecule has 3 nitrogen and oxygen atoms in total. The van der Waals surface area contributed by atoms with Gasteiger partial charge in [0.15, 0.2) is 0 Å². The van der Waals surface area contributed by atoms with Crippen LogP contribution in [0.1, 0.15) is 41.8 Å². The first-order chi connectivity index (χ1) is 11.4. The number of pyridine rings is 1. The zero-order valence-electron chi connectivity index (χ0n) is 13.7. The van der Waals surface area contributed by atoms with Gasteiger partial charge in [0.05, 0.1) is 5.69 Å². The Morgan fingerprint density at radius 1 is 1.17 bits per heavy atom. The van der Waals surface area contributed by atoms with Crippen LogP contribution in [0.2, 0.25) is 0 Å². The van der Waals surface area contributed by atoms with E-state index in [4.69, 9.17) is 0 Å². The van der Waals surface area contributed by atoms with Crippen molar-refractivity contribution in [2.24, 2.45) is 0 Å². The number of thiophene rings is 1. The van der Waals surface area contributed by atoms with Crippen molar-refractivity contribution in [2.75, 3.05) is 13.1 Å². The van der Waals surface area contributed by atoms with Crippen LogP contribution >= 0.6 is 11.3 Å². The topological polar surface area (TPSA) is 19.4 Å². The average Bonchev–Trinajstić information content (AvgIpc) is 3.13. The molecule has 0 aromatic carbocycles. The number of hydrogen-bond donors (Lipinski definition) is 0. The third-order valence-corrected chi connectivity index (χ3v) is 5.80. The molecular formula is C19H25N3S. The molecule has 0 unspecified atom stereocenters. The molecule has 3 heterocycles. The van der Waals surface area contributed by atoms with Gasteiger partial charge in [0.1, 0.15) is 0 Å². The highest BCUT2D eigenvalue weighted by Gasteiger charge is 2.29. The molecule has 2 aromatic heterocycles. The van der Waals surface area contributed by atoms with Crippen LogP contribution in [-0.4, -0.2) is 33.9 Å². The lowest BCUT2D eigenvalue weighted by atomic mass is 10.2. The summed E-state index contributed by atoms with van der Waals surface area (Å²) in [7, 11) is 0. The first-order valence-electron chi connectivity index (χ1n) is 8.79. The van der Waals surface area contributed by atoms with Crippen molar-refractivity contribution in [3.63, 3.8) is 0 Å². The highest BCUT2D eigenvalue weighted by molar-refractivity contribution is 7.10. The van der Waals surface area contributed by atoms with Crippen LogP contribution in [0.3, 0.4) is 0 Å². The van der Waals surface area contributed by atoms with Crippen LogP contribution < -0.4 is 0 Å². The zero-order valence-corrected chi connectivity index (χ0v) is 14.5. The Kier molecular flexibility index (Phi) is 4.74. The first-order valence-corrected chi connectivity index (χ1v) is 9.67. The minimum Gasteiger partial charge on any atom is -0.299 e. The van der Waals surface area contributed by atoms with E-state index >= 15 is 0 Å². The van der Waals surface area contributed by atoms with Gasteiger partial charge in [-0.05, 0) is 67.9 Å². The van der Waals surface area contributed by atoms with Gasteiger partial charge in [0.25, 0.3) is 0 Å². The lowest BCUT2D eigenvalue weighted by Gasteiger charge is -2.20. The molecule has 122 valence electrons. The fourth-order valence-corrected chi connectivity index (χ4v) is 4.35. The molecule has 2 aliphatic rings. The minimum atomic E-state index is 0.765. The predicted molar refractivity (Wildman–Crippen MR) is 95.3 cm³/mol. The largest absolute Gasteiger partial charge is 0.299 e. The van der Waals surface area contributed by atoms with Crippen LogP contribution in [0.5, 0.6) is 0 Å². The third kappa shape index (κ3) is 4.19. The first kappa shape index (κ1) is 15.3. The van der Waals surface area contributed by atoms with Crippen LogP contribution in [0.25, 0.3) is 0 Å². The quantitative estimate of drug-likeness (QED) is 0.769. The van der Waals surface area contributed by atoms with Gasteiger partial charge in [-0.1, -0.05) is 6.07 Å². The molecule has 0 bridgehead atoms. The van der Waals surface area contributed by atoms with Gasteiger partial charge in [-0.3, -0.25) is 14.8 Å². The second kappa shape index (κ2) is 7.12. The molecule has 0 spiro atoms. The van der Waals surface area contributed by atoms with Crippen LogP contribution in [-0.2, 0) is 19.6 Å². The predicted octanol–water partition coefficient (Wildman–Crippen LogP) is 3.90. The van der Waals surface area contributed by atoms with Gasteiger partial charge in [0, 0.05) is 36.8 Å². The van der Waals surface area contributed by atoms with Crippen LogP contribution in [0.4, 0.5) is 0 Å². The van der Waals surface area contributed by atoms with Gasteiger partial charge in [-0.25, -0.2) is 0 Å². The Labute approximate surface area is 143 Å². The fourth-order valence-electron chi connectivity index (χ4n) is 3.44. The Bertz CT molecular complexity index is 615. The van der Waals surface area contributed by atoms with E-state index in [0.29, 0.717) is 0 Å². The maximum absolute atomic E-state index is 4.50. The molecule has 2 aromatic rings. The second-order valence-electron chi connectivity index (χ2n) is 6.86. The number of nitrogens with zero attached hydrogens (tertiary/aromatic N) is 3. The van der Waals surface area contributed by atoms with Crippen molar-refractivity contribution in [1.82, 2.24) is 14.8 Å². The van der Waals surface area contributed by atoms with Crippen molar-refractivity contribution in [3.8, 4) is 0 Å². The molecule has 4 heteroatoms. The van der Waals surface area contributed by atoms with Gasteiger partial charge in [-0.15, -0.1) is 11.3 Å². The smallest absolute Gasteiger partial charge is 0.0544 e. The molecule has 1 aliphatic heterocycles. The normalized spacial score (nSPS) is 18.8. The SMILES string of the molecule is c1ccc(CN(Cc2cc(CN3CCCC3)cs2)C2CC2)nc1. The summed E-state index contributed by atoms with van der Waals surface area (Å²) in [5, 5.41) is 2.36. The van der Waals surface area contributed by atoms with E-state index in [-0.39, 0.29) is 0 Å². The van der Waals surface area contributed by atoms with Gasteiger partial charge >= 0.3 is 0 Å². The van der Waals surface area contributed by atoms with Crippen molar-refractivity contribution in [3.05, 3.63) is 52.0 Å².